The minimum absolute atomic E-state index is 0.136. The molecule has 0 amide bonds. The largest absolute Gasteiger partial charge is 0.476 e. The summed E-state index contributed by atoms with van der Waals surface area (Å²) in [5, 5.41) is 20.9. The number of carbonyl (C=O) groups is 1. The van der Waals surface area contributed by atoms with Gasteiger partial charge in [-0.2, -0.15) is 0 Å². The minimum atomic E-state index is -1.19. The maximum Gasteiger partial charge on any atom is 0.356 e. The molecule has 5 nitrogen and oxygen atoms in total. The molecule has 84 valence electrons. The van der Waals surface area contributed by atoms with Gasteiger partial charge < -0.3 is 15.2 Å². The molecular weight excluding hydrogens is 252 g/mol. The SMILES string of the molecule is O=C(O)c1nc[nH]c1C(O)c1sccc1Cl. The van der Waals surface area contributed by atoms with Crippen molar-refractivity contribution in [2.24, 2.45) is 0 Å². The third-order valence-corrected chi connectivity index (χ3v) is 3.45. The van der Waals surface area contributed by atoms with Gasteiger partial charge in [0.25, 0.3) is 0 Å². The molecule has 0 saturated heterocycles. The lowest BCUT2D eigenvalue weighted by atomic mass is 10.2. The highest BCUT2D eigenvalue weighted by Crippen LogP contribution is 2.32. The van der Waals surface area contributed by atoms with Gasteiger partial charge in [-0.3, -0.25) is 0 Å². The molecule has 2 aromatic heterocycles. The van der Waals surface area contributed by atoms with Gasteiger partial charge in [-0.1, -0.05) is 11.6 Å². The minimum Gasteiger partial charge on any atom is -0.476 e. The Labute approximate surface area is 99.3 Å². The summed E-state index contributed by atoms with van der Waals surface area (Å²) in [5.41, 5.74) is -0.0613. The molecule has 7 heteroatoms. The number of hydrogen-bond donors (Lipinski definition) is 3. The molecule has 0 radical (unpaired) electrons. The van der Waals surface area contributed by atoms with E-state index in [9.17, 15) is 9.90 Å². The number of hydrogen-bond acceptors (Lipinski definition) is 4. The number of aromatic amines is 1. The molecular formula is C9H7ClN2O3S. The van der Waals surface area contributed by atoms with Crippen LogP contribution in [0.4, 0.5) is 0 Å². The fourth-order valence-corrected chi connectivity index (χ4v) is 2.47. The summed E-state index contributed by atoms with van der Waals surface area (Å²) in [7, 11) is 0. The molecule has 16 heavy (non-hydrogen) atoms. The summed E-state index contributed by atoms with van der Waals surface area (Å²) in [6, 6.07) is 1.64. The summed E-state index contributed by atoms with van der Waals surface area (Å²) >= 11 is 7.11. The van der Waals surface area contributed by atoms with Crippen LogP contribution in [0.2, 0.25) is 5.02 Å². The van der Waals surface area contributed by atoms with E-state index in [4.69, 9.17) is 16.7 Å². The predicted molar refractivity (Wildman–Crippen MR) is 58.9 cm³/mol. The number of carboxylic acids is 1. The average molecular weight is 259 g/mol. The van der Waals surface area contributed by atoms with Crippen molar-refractivity contribution in [1.82, 2.24) is 9.97 Å². The zero-order chi connectivity index (χ0) is 11.7. The second-order valence-corrected chi connectivity index (χ2v) is 4.36. The second-order valence-electron chi connectivity index (χ2n) is 3.01. The number of nitrogens with one attached hydrogen (secondary N) is 1. The number of aliphatic hydroxyl groups is 1. The van der Waals surface area contributed by atoms with Crippen LogP contribution in [0.15, 0.2) is 17.8 Å². The van der Waals surface area contributed by atoms with E-state index in [0.717, 1.165) is 0 Å². The van der Waals surface area contributed by atoms with E-state index in [0.29, 0.717) is 9.90 Å². The van der Waals surface area contributed by atoms with Gasteiger partial charge in [-0.15, -0.1) is 11.3 Å². The van der Waals surface area contributed by atoms with Crippen molar-refractivity contribution < 1.29 is 15.0 Å². The van der Waals surface area contributed by atoms with E-state index in [1.54, 1.807) is 11.4 Å². The van der Waals surface area contributed by atoms with E-state index in [-0.39, 0.29) is 11.4 Å². The molecule has 0 aromatic carbocycles. The Bertz CT molecular complexity index is 522. The standard InChI is InChI=1S/C9H7ClN2O3S/c10-4-1-2-16-8(4)7(13)5-6(9(14)15)12-3-11-5/h1-3,7,13H,(H,11,12)(H,14,15). The third kappa shape index (κ3) is 1.82. The van der Waals surface area contributed by atoms with Crippen LogP contribution in [0.25, 0.3) is 0 Å². The molecule has 2 heterocycles. The topological polar surface area (TPSA) is 86.2 Å². The molecule has 0 aliphatic heterocycles. The zero-order valence-corrected chi connectivity index (χ0v) is 9.42. The fraction of sp³-hybridized carbons (Fsp3) is 0.111. The summed E-state index contributed by atoms with van der Waals surface area (Å²) in [6.07, 6.45) is 0.130. The van der Waals surface area contributed by atoms with Crippen molar-refractivity contribution in [3.63, 3.8) is 0 Å². The average Bonchev–Trinajstić information content (AvgIpc) is 2.84. The van der Waals surface area contributed by atoms with E-state index < -0.39 is 12.1 Å². The van der Waals surface area contributed by atoms with Crippen LogP contribution in [0.5, 0.6) is 0 Å². The number of H-pyrrole nitrogens is 1. The van der Waals surface area contributed by atoms with Gasteiger partial charge in [0.1, 0.15) is 6.10 Å². The number of halogens is 1. The first-order valence-corrected chi connectivity index (χ1v) is 5.54. The summed E-state index contributed by atoms with van der Waals surface area (Å²) < 4.78 is 0. The van der Waals surface area contributed by atoms with Crippen molar-refractivity contribution in [2.45, 2.75) is 6.10 Å². The fourth-order valence-electron chi connectivity index (χ4n) is 1.31. The number of aromatic nitrogens is 2. The van der Waals surface area contributed by atoms with Crippen LogP contribution in [0, 0.1) is 0 Å². The summed E-state index contributed by atoms with van der Waals surface area (Å²) in [4.78, 5) is 17.5. The van der Waals surface area contributed by atoms with Gasteiger partial charge in [0.05, 0.1) is 21.9 Å². The molecule has 0 spiro atoms. The summed E-state index contributed by atoms with van der Waals surface area (Å²) in [6.45, 7) is 0. The number of nitrogens with zero attached hydrogens (tertiary/aromatic N) is 1. The highest BCUT2D eigenvalue weighted by atomic mass is 35.5. The van der Waals surface area contributed by atoms with Crippen LogP contribution < -0.4 is 0 Å². The number of thiophene rings is 1. The lowest BCUT2D eigenvalue weighted by Gasteiger charge is -2.07. The number of carboxylic acid groups (broad SMARTS) is 1. The Balaban J connectivity index is 2.42. The maximum atomic E-state index is 10.8. The number of aliphatic hydroxyl groups excluding tert-OH is 1. The van der Waals surface area contributed by atoms with Crippen molar-refractivity contribution in [3.8, 4) is 0 Å². The Kier molecular flexibility index (Phi) is 2.95. The second kappa shape index (κ2) is 4.25. The molecule has 1 atom stereocenters. The van der Waals surface area contributed by atoms with Gasteiger partial charge in [-0.25, -0.2) is 9.78 Å². The maximum absolute atomic E-state index is 10.8. The van der Waals surface area contributed by atoms with Crippen molar-refractivity contribution >= 4 is 28.9 Å². The van der Waals surface area contributed by atoms with Crippen LogP contribution in [0.1, 0.15) is 27.2 Å². The first kappa shape index (κ1) is 11.1. The van der Waals surface area contributed by atoms with Crippen LogP contribution >= 0.6 is 22.9 Å². The van der Waals surface area contributed by atoms with E-state index >= 15 is 0 Å². The van der Waals surface area contributed by atoms with Gasteiger partial charge in [0.2, 0.25) is 0 Å². The molecule has 0 bridgehead atoms. The van der Waals surface area contributed by atoms with Crippen LogP contribution in [0.3, 0.4) is 0 Å². The monoisotopic (exact) mass is 258 g/mol. The van der Waals surface area contributed by atoms with Crippen LogP contribution in [-0.2, 0) is 0 Å². The van der Waals surface area contributed by atoms with Crippen molar-refractivity contribution in [1.29, 1.82) is 0 Å². The zero-order valence-electron chi connectivity index (χ0n) is 7.85. The first-order chi connectivity index (χ1) is 7.61. The lowest BCUT2D eigenvalue weighted by molar-refractivity contribution is 0.0685. The number of rotatable bonds is 3. The van der Waals surface area contributed by atoms with E-state index in [1.807, 2.05) is 0 Å². The molecule has 1 unspecified atom stereocenters. The van der Waals surface area contributed by atoms with Gasteiger partial charge in [-0.05, 0) is 11.4 Å². The van der Waals surface area contributed by atoms with Crippen LogP contribution in [-0.4, -0.2) is 26.2 Å². The highest BCUT2D eigenvalue weighted by molar-refractivity contribution is 7.10. The molecule has 0 aliphatic rings. The number of aromatic carboxylic acids is 1. The Morgan fingerprint density at radius 1 is 1.62 bits per heavy atom. The molecule has 3 N–H and O–H groups in total. The quantitative estimate of drug-likeness (QED) is 0.785. The Hall–Kier alpha value is -1.37. The van der Waals surface area contributed by atoms with Crippen molar-refractivity contribution in [3.05, 3.63) is 39.1 Å². The van der Waals surface area contributed by atoms with Gasteiger partial charge >= 0.3 is 5.97 Å². The smallest absolute Gasteiger partial charge is 0.356 e. The Morgan fingerprint density at radius 3 is 2.94 bits per heavy atom. The van der Waals surface area contributed by atoms with E-state index in [2.05, 4.69) is 9.97 Å². The molecule has 0 saturated carbocycles. The third-order valence-electron chi connectivity index (χ3n) is 2.04. The van der Waals surface area contributed by atoms with Gasteiger partial charge in [0.15, 0.2) is 5.69 Å². The number of imidazole rings is 1. The molecule has 2 rings (SSSR count). The molecule has 2 aromatic rings. The van der Waals surface area contributed by atoms with E-state index in [1.165, 1.54) is 17.7 Å². The first-order valence-electron chi connectivity index (χ1n) is 4.28. The predicted octanol–water partition coefficient (Wildman–Crippen LogP) is 1.90. The lowest BCUT2D eigenvalue weighted by Crippen LogP contribution is -2.07. The summed E-state index contributed by atoms with van der Waals surface area (Å²) in [5.74, 6) is -1.19. The van der Waals surface area contributed by atoms with Crippen molar-refractivity contribution in [2.75, 3.05) is 0 Å². The molecule has 0 aliphatic carbocycles. The Morgan fingerprint density at radius 2 is 2.38 bits per heavy atom. The molecule has 0 fully saturated rings. The highest BCUT2D eigenvalue weighted by Gasteiger charge is 2.23. The van der Waals surface area contributed by atoms with Gasteiger partial charge in [0, 0.05) is 0 Å². The normalized spacial score (nSPS) is 12.6.